The molecule has 0 aliphatic heterocycles. The van der Waals surface area contributed by atoms with Crippen molar-refractivity contribution in [3.8, 4) is 22.4 Å². The second-order valence-electron chi connectivity index (χ2n) is 6.60. The van der Waals surface area contributed by atoms with E-state index in [0.29, 0.717) is 5.02 Å². The molecule has 4 aromatic heterocycles. The van der Waals surface area contributed by atoms with Crippen LogP contribution in [0.5, 0.6) is 0 Å². The largest absolute Gasteiger partial charge is 0.299 e. The van der Waals surface area contributed by atoms with Gasteiger partial charge in [-0.05, 0) is 24.3 Å². The van der Waals surface area contributed by atoms with E-state index in [0.717, 1.165) is 44.6 Å². The minimum atomic E-state index is 0.660. The maximum atomic E-state index is 6.44. The Kier molecular flexibility index (Phi) is 3.77. The number of aryl methyl sites for hydroxylation is 1. The molecule has 0 spiro atoms. The van der Waals surface area contributed by atoms with Gasteiger partial charge in [0, 0.05) is 47.7 Å². The lowest BCUT2D eigenvalue weighted by Crippen LogP contribution is -1.91. The molecule has 0 N–H and O–H groups in total. The van der Waals surface area contributed by atoms with Crippen molar-refractivity contribution in [1.29, 1.82) is 0 Å². The van der Waals surface area contributed by atoms with Gasteiger partial charge in [-0.25, -0.2) is 4.98 Å². The molecule has 0 radical (unpaired) electrons. The van der Waals surface area contributed by atoms with Crippen molar-refractivity contribution in [2.24, 2.45) is 7.05 Å². The first-order chi connectivity index (χ1) is 13.7. The van der Waals surface area contributed by atoms with E-state index in [1.54, 1.807) is 4.68 Å². The number of hydrogen-bond donors (Lipinski definition) is 0. The summed E-state index contributed by atoms with van der Waals surface area (Å²) in [7, 11) is 1.90. The van der Waals surface area contributed by atoms with Crippen LogP contribution in [0, 0.1) is 0 Å². The van der Waals surface area contributed by atoms with Gasteiger partial charge in [0.05, 0.1) is 28.1 Å². The summed E-state index contributed by atoms with van der Waals surface area (Å²) >= 11 is 6.44. The Morgan fingerprint density at radius 3 is 2.71 bits per heavy atom. The number of halogens is 1. The molecule has 0 saturated carbocycles. The van der Waals surface area contributed by atoms with Crippen LogP contribution in [0.3, 0.4) is 0 Å². The van der Waals surface area contributed by atoms with E-state index in [-0.39, 0.29) is 0 Å². The van der Waals surface area contributed by atoms with Crippen molar-refractivity contribution < 1.29 is 0 Å². The van der Waals surface area contributed by atoms with Crippen LogP contribution >= 0.6 is 11.6 Å². The molecule has 1 aromatic carbocycles. The number of pyridine rings is 2. The average molecular weight is 386 g/mol. The van der Waals surface area contributed by atoms with Crippen molar-refractivity contribution in [2.45, 2.75) is 0 Å². The zero-order chi connectivity index (χ0) is 19.3. The lowest BCUT2D eigenvalue weighted by atomic mass is 10.1. The van der Waals surface area contributed by atoms with E-state index >= 15 is 0 Å². The Bertz CT molecular complexity index is 1360. The second kappa shape index (κ2) is 6.32. The smallest absolute Gasteiger partial charge is 0.147 e. The number of nitrogens with zero attached hydrogens (tertiary/aromatic N) is 5. The van der Waals surface area contributed by atoms with E-state index in [9.17, 15) is 0 Å². The van der Waals surface area contributed by atoms with Crippen molar-refractivity contribution in [3.05, 3.63) is 78.5 Å². The predicted molar refractivity (Wildman–Crippen MR) is 113 cm³/mol. The van der Waals surface area contributed by atoms with Crippen LogP contribution in [0.25, 0.3) is 45.0 Å². The zero-order valence-corrected chi connectivity index (χ0v) is 15.9. The van der Waals surface area contributed by atoms with Gasteiger partial charge in [0.25, 0.3) is 0 Å². The van der Waals surface area contributed by atoms with Gasteiger partial charge >= 0.3 is 0 Å². The highest BCUT2D eigenvalue weighted by Gasteiger charge is 2.16. The lowest BCUT2D eigenvalue weighted by Gasteiger charge is -2.04. The van der Waals surface area contributed by atoms with Gasteiger partial charge in [-0.1, -0.05) is 36.4 Å². The number of benzene rings is 1. The first-order valence-corrected chi connectivity index (χ1v) is 9.20. The molecule has 0 atom stereocenters. The summed E-state index contributed by atoms with van der Waals surface area (Å²) in [5, 5.41) is 5.88. The summed E-state index contributed by atoms with van der Waals surface area (Å²) in [4.78, 5) is 9.56. The first kappa shape index (κ1) is 16.7. The highest BCUT2D eigenvalue weighted by atomic mass is 35.5. The van der Waals surface area contributed by atoms with Gasteiger partial charge in [0.15, 0.2) is 0 Å². The molecule has 4 heterocycles. The van der Waals surface area contributed by atoms with Crippen LogP contribution in [-0.4, -0.2) is 24.1 Å². The summed E-state index contributed by atoms with van der Waals surface area (Å²) in [6, 6.07) is 11.8. The van der Waals surface area contributed by atoms with Crippen LogP contribution in [0.2, 0.25) is 5.02 Å². The Labute approximate surface area is 166 Å². The van der Waals surface area contributed by atoms with E-state index < -0.39 is 0 Å². The highest BCUT2D eigenvalue weighted by molar-refractivity contribution is 6.33. The number of aromatic nitrogens is 5. The van der Waals surface area contributed by atoms with Gasteiger partial charge in [-0.3, -0.25) is 14.1 Å². The number of fused-ring (bicyclic) bond motifs is 3. The second-order valence-corrected chi connectivity index (χ2v) is 7.01. The molecule has 0 amide bonds. The summed E-state index contributed by atoms with van der Waals surface area (Å²) in [6.45, 7) is 3.99. The van der Waals surface area contributed by atoms with E-state index in [1.807, 2.05) is 72.6 Å². The zero-order valence-electron chi connectivity index (χ0n) is 15.2. The average Bonchev–Trinajstić information content (AvgIpc) is 3.31. The van der Waals surface area contributed by atoms with Crippen LogP contribution in [0.4, 0.5) is 0 Å². The van der Waals surface area contributed by atoms with Crippen molar-refractivity contribution >= 4 is 34.2 Å². The molecule has 136 valence electrons. The van der Waals surface area contributed by atoms with Crippen molar-refractivity contribution in [3.63, 3.8) is 0 Å². The molecule has 5 rings (SSSR count). The quantitative estimate of drug-likeness (QED) is 0.426. The molecule has 0 unspecified atom stereocenters. The Morgan fingerprint density at radius 2 is 1.96 bits per heavy atom. The van der Waals surface area contributed by atoms with E-state index in [2.05, 4.69) is 22.7 Å². The minimum Gasteiger partial charge on any atom is -0.299 e. The Hall–Kier alpha value is -3.44. The van der Waals surface area contributed by atoms with Crippen LogP contribution in [0.15, 0.2) is 67.8 Å². The molecule has 0 aliphatic carbocycles. The molecule has 0 saturated heterocycles. The lowest BCUT2D eigenvalue weighted by molar-refractivity contribution is 0.768. The number of imidazole rings is 1. The van der Waals surface area contributed by atoms with E-state index in [1.165, 1.54) is 0 Å². The van der Waals surface area contributed by atoms with Crippen LogP contribution in [0.1, 0.15) is 5.69 Å². The highest BCUT2D eigenvalue weighted by Crippen LogP contribution is 2.33. The minimum absolute atomic E-state index is 0.660. The molecule has 5 aromatic rings. The SMILES string of the molecule is C=Cc1c(-c2ccccc2Cl)nc2c3cc(-c4cnn(C)c4)cnc3ccn12. The molecular formula is C22H16ClN5. The first-order valence-electron chi connectivity index (χ1n) is 8.83. The standard InChI is InChI=1S/C22H16ClN5/c1-3-20-21(16-6-4-5-7-18(16)23)26-22-17-10-14(15-12-25-27(2)13-15)11-24-19(17)8-9-28(20)22/h3-13H,1H2,2H3. The fourth-order valence-corrected chi connectivity index (χ4v) is 3.72. The normalized spacial score (nSPS) is 11.4. The number of rotatable bonds is 3. The summed E-state index contributed by atoms with van der Waals surface area (Å²) in [5.74, 6) is 0. The van der Waals surface area contributed by atoms with Gasteiger partial charge < -0.3 is 0 Å². The van der Waals surface area contributed by atoms with Crippen LogP contribution < -0.4 is 0 Å². The predicted octanol–water partition coefficient (Wildman–Crippen LogP) is 5.25. The third-order valence-electron chi connectivity index (χ3n) is 4.85. The Morgan fingerprint density at radius 1 is 1.11 bits per heavy atom. The fourth-order valence-electron chi connectivity index (χ4n) is 3.49. The third-order valence-corrected chi connectivity index (χ3v) is 5.18. The maximum Gasteiger partial charge on any atom is 0.147 e. The molecular weight excluding hydrogens is 370 g/mol. The molecule has 0 bridgehead atoms. The van der Waals surface area contributed by atoms with Crippen LogP contribution in [-0.2, 0) is 7.05 Å². The van der Waals surface area contributed by atoms with Gasteiger partial charge in [-0.2, -0.15) is 5.10 Å². The molecule has 0 fully saturated rings. The molecule has 0 aliphatic rings. The van der Waals surface area contributed by atoms with Gasteiger partial charge in [0.2, 0.25) is 0 Å². The Balaban J connectivity index is 1.82. The van der Waals surface area contributed by atoms with E-state index in [4.69, 9.17) is 16.6 Å². The summed E-state index contributed by atoms with van der Waals surface area (Å²) in [5.41, 5.74) is 6.30. The molecule has 28 heavy (non-hydrogen) atoms. The maximum absolute atomic E-state index is 6.44. The van der Waals surface area contributed by atoms with Gasteiger partial charge in [-0.15, -0.1) is 0 Å². The number of hydrogen-bond acceptors (Lipinski definition) is 3. The monoisotopic (exact) mass is 385 g/mol. The topological polar surface area (TPSA) is 48.0 Å². The third kappa shape index (κ3) is 2.52. The van der Waals surface area contributed by atoms with Crippen molar-refractivity contribution in [1.82, 2.24) is 24.1 Å². The summed E-state index contributed by atoms with van der Waals surface area (Å²) in [6.07, 6.45) is 9.45. The molecule has 6 heteroatoms. The van der Waals surface area contributed by atoms with Gasteiger partial charge in [0.1, 0.15) is 5.65 Å². The fraction of sp³-hybridized carbons (Fsp3) is 0.0455. The summed E-state index contributed by atoms with van der Waals surface area (Å²) < 4.78 is 3.81. The van der Waals surface area contributed by atoms with Crippen molar-refractivity contribution in [2.75, 3.05) is 0 Å². The molecule has 5 nitrogen and oxygen atoms in total.